The van der Waals surface area contributed by atoms with Crippen LogP contribution < -0.4 is 5.73 Å². The van der Waals surface area contributed by atoms with E-state index in [1.54, 1.807) is 17.8 Å². The highest BCUT2D eigenvalue weighted by molar-refractivity contribution is 6.10. The number of aromatic nitrogens is 3. The summed E-state index contributed by atoms with van der Waals surface area (Å²) in [4.78, 5) is 30.8. The maximum atomic E-state index is 14.8. The van der Waals surface area contributed by atoms with E-state index in [0.717, 1.165) is 10.0 Å². The first-order chi connectivity index (χ1) is 18.0. The second kappa shape index (κ2) is 9.23. The lowest BCUT2D eigenvalue weighted by atomic mass is 10.1. The SMILES string of the molecule is Cn1ncc2c(N)nc3ccc(C(=O)N(Cc4c(F)cc(C(F)(F)F)cc4F)N4CCCCC4=O)cc3c21. The maximum Gasteiger partial charge on any atom is 0.416 e. The first-order valence-corrected chi connectivity index (χ1v) is 11.6. The Labute approximate surface area is 212 Å². The zero-order chi connectivity index (χ0) is 27.4. The molecule has 2 amide bonds. The summed E-state index contributed by atoms with van der Waals surface area (Å²) in [5, 5.41) is 7.23. The van der Waals surface area contributed by atoms with Gasteiger partial charge in [-0.25, -0.2) is 18.8 Å². The molecule has 1 saturated heterocycles. The third-order valence-electron chi connectivity index (χ3n) is 6.55. The number of anilines is 1. The molecule has 0 radical (unpaired) electrons. The monoisotopic (exact) mass is 532 g/mol. The zero-order valence-corrected chi connectivity index (χ0v) is 20.0. The number of nitrogens with zero attached hydrogens (tertiary/aromatic N) is 5. The molecule has 0 saturated carbocycles. The van der Waals surface area contributed by atoms with Gasteiger partial charge in [-0.3, -0.25) is 19.3 Å². The van der Waals surface area contributed by atoms with E-state index in [9.17, 15) is 31.5 Å². The van der Waals surface area contributed by atoms with E-state index in [1.807, 2.05) is 0 Å². The van der Waals surface area contributed by atoms with E-state index in [0.29, 0.717) is 34.6 Å². The van der Waals surface area contributed by atoms with Crippen molar-refractivity contribution in [2.45, 2.75) is 32.0 Å². The Hall–Kier alpha value is -4.29. The van der Waals surface area contributed by atoms with Crippen molar-refractivity contribution in [3.05, 3.63) is 64.9 Å². The van der Waals surface area contributed by atoms with E-state index >= 15 is 0 Å². The van der Waals surface area contributed by atoms with Gasteiger partial charge in [-0.1, -0.05) is 0 Å². The molecule has 1 aliphatic heterocycles. The number of carbonyl (C=O) groups is 2. The van der Waals surface area contributed by atoms with Gasteiger partial charge in [-0.05, 0) is 43.2 Å². The van der Waals surface area contributed by atoms with Crippen molar-refractivity contribution in [1.82, 2.24) is 24.8 Å². The fourth-order valence-corrected chi connectivity index (χ4v) is 4.62. The van der Waals surface area contributed by atoms with Crippen LogP contribution in [0.5, 0.6) is 0 Å². The molecule has 0 aliphatic carbocycles. The summed E-state index contributed by atoms with van der Waals surface area (Å²) in [7, 11) is 1.69. The second-order valence-electron chi connectivity index (χ2n) is 9.01. The molecule has 0 bridgehead atoms. The molecule has 1 fully saturated rings. The lowest BCUT2D eigenvalue weighted by Gasteiger charge is -2.37. The third kappa shape index (κ3) is 4.37. The molecule has 198 valence electrons. The number of aryl methyl sites for hydroxylation is 1. The average Bonchev–Trinajstić information content (AvgIpc) is 3.26. The molecular formula is C25H21F5N6O2. The molecule has 8 nitrogen and oxygen atoms in total. The molecule has 13 heteroatoms. The van der Waals surface area contributed by atoms with Crippen LogP contribution in [0.3, 0.4) is 0 Å². The molecule has 4 aromatic rings. The van der Waals surface area contributed by atoms with Gasteiger partial charge >= 0.3 is 6.18 Å². The van der Waals surface area contributed by atoms with Gasteiger partial charge in [-0.15, -0.1) is 0 Å². The minimum Gasteiger partial charge on any atom is -0.383 e. The summed E-state index contributed by atoms with van der Waals surface area (Å²) in [5.74, 6) is -3.92. The minimum absolute atomic E-state index is 0.0673. The summed E-state index contributed by atoms with van der Waals surface area (Å²) in [6, 6.07) is 4.82. The average molecular weight is 532 g/mol. The number of hydrogen-bond donors (Lipinski definition) is 1. The molecule has 2 N–H and O–H groups in total. The Morgan fingerprint density at radius 2 is 1.82 bits per heavy atom. The molecule has 0 unspecified atom stereocenters. The second-order valence-corrected chi connectivity index (χ2v) is 9.01. The van der Waals surface area contributed by atoms with Crippen molar-refractivity contribution in [2.24, 2.45) is 7.05 Å². The van der Waals surface area contributed by atoms with E-state index in [4.69, 9.17) is 5.73 Å². The highest BCUT2D eigenvalue weighted by Gasteiger charge is 2.35. The van der Waals surface area contributed by atoms with Gasteiger partial charge in [0.15, 0.2) is 0 Å². The Bertz CT molecular complexity index is 1580. The number of alkyl halides is 3. The normalized spacial score (nSPS) is 14.5. The van der Waals surface area contributed by atoms with Crippen LogP contribution in [0.2, 0.25) is 0 Å². The number of carbonyl (C=O) groups excluding carboxylic acids is 2. The number of piperidine rings is 1. The highest BCUT2D eigenvalue weighted by Crippen LogP contribution is 2.33. The summed E-state index contributed by atoms with van der Waals surface area (Å²) >= 11 is 0. The van der Waals surface area contributed by atoms with Crippen molar-refractivity contribution in [2.75, 3.05) is 12.3 Å². The zero-order valence-electron chi connectivity index (χ0n) is 20.0. The standard InChI is InChI=1S/C25H21F5N6O2/c1-34-22-15-8-13(5-6-20(15)33-23(31)16(22)11-32-34)24(38)36(35-7-3-2-4-21(35)37)12-17-18(26)9-14(10-19(17)27)25(28,29)30/h5-6,8-11H,2-4,7,12H2,1H3,(H2,31,33). The number of pyridine rings is 1. The first-order valence-electron chi connectivity index (χ1n) is 11.6. The molecule has 2 aromatic carbocycles. The molecule has 0 atom stereocenters. The summed E-state index contributed by atoms with van der Waals surface area (Å²) in [5.41, 5.74) is 4.89. The van der Waals surface area contributed by atoms with E-state index in [-0.39, 0.29) is 36.5 Å². The van der Waals surface area contributed by atoms with Crippen molar-refractivity contribution in [3.8, 4) is 0 Å². The largest absolute Gasteiger partial charge is 0.416 e. The number of halogens is 5. The number of fused-ring (bicyclic) bond motifs is 3. The number of nitrogens with two attached hydrogens (primary N) is 1. The predicted molar refractivity (Wildman–Crippen MR) is 127 cm³/mol. The lowest BCUT2D eigenvalue weighted by molar-refractivity contribution is -0.149. The van der Waals surface area contributed by atoms with Gasteiger partial charge in [0.05, 0.1) is 34.7 Å². The molecule has 38 heavy (non-hydrogen) atoms. The molecule has 0 spiro atoms. The van der Waals surface area contributed by atoms with Gasteiger partial charge in [0, 0.05) is 36.5 Å². The van der Waals surface area contributed by atoms with Crippen LogP contribution in [-0.4, -0.2) is 43.1 Å². The molecule has 5 rings (SSSR count). The Morgan fingerprint density at radius 1 is 1.11 bits per heavy atom. The van der Waals surface area contributed by atoms with E-state index in [2.05, 4.69) is 10.1 Å². The number of hydrogen-bond acceptors (Lipinski definition) is 5. The fraction of sp³-hybridized carbons (Fsp3) is 0.280. The third-order valence-corrected chi connectivity index (χ3v) is 6.55. The van der Waals surface area contributed by atoms with Gasteiger partial charge in [-0.2, -0.15) is 18.3 Å². The van der Waals surface area contributed by atoms with Crippen molar-refractivity contribution < 1.29 is 31.5 Å². The molecule has 2 aromatic heterocycles. The first kappa shape index (κ1) is 25.4. The van der Waals surface area contributed by atoms with Crippen molar-refractivity contribution in [3.63, 3.8) is 0 Å². The molecular weight excluding hydrogens is 511 g/mol. The summed E-state index contributed by atoms with van der Waals surface area (Å²) < 4.78 is 70.2. The smallest absolute Gasteiger partial charge is 0.383 e. The van der Waals surface area contributed by atoms with Gasteiger partial charge in [0.2, 0.25) is 5.91 Å². The number of nitrogen functional groups attached to an aromatic ring is 1. The topological polar surface area (TPSA) is 97.3 Å². The van der Waals surface area contributed by atoms with Crippen LogP contribution in [-0.2, 0) is 24.6 Å². The summed E-state index contributed by atoms with van der Waals surface area (Å²) in [6.45, 7) is -0.689. The minimum atomic E-state index is -4.96. The van der Waals surface area contributed by atoms with Crippen LogP contribution in [0.15, 0.2) is 36.5 Å². The number of benzene rings is 2. The molecule has 1 aliphatic rings. The fourth-order valence-electron chi connectivity index (χ4n) is 4.62. The van der Waals surface area contributed by atoms with Crippen LogP contribution >= 0.6 is 0 Å². The van der Waals surface area contributed by atoms with E-state index < -0.39 is 47.3 Å². The predicted octanol–water partition coefficient (Wildman–Crippen LogP) is 4.57. The van der Waals surface area contributed by atoms with Crippen LogP contribution in [0.1, 0.15) is 40.7 Å². The quantitative estimate of drug-likeness (QED) is 0.389. The van der Waals surface area contributed by atoms with Crippen molar-refractivity contribution in [1.29, 1.82) is 0 Å². The lowest BCUT2D eigenvalue weighted by Crippen LogP contribution is -2.51. The Balaban J connectivity index is 1.60. The Kier molecular flexibility index (Phi) is 6.16. The van der Waals surface area contributed by atoms with Crippen LogP contribution in [0.4, 0.5) is 27.8 Å². The van der Waals surface area contributed by atoms with Gasteiger partial charge in [0.1, 0.15) is 17.5 Å². The van der Waals surface area contributed by atoms with Gasteiger partial charge in [0.25, 0.3) is 5.91 Å². The number of hydrazine groups is 1. The molecule has 3 heterocycles. The van der Waals surface area contributed by atoms with Crippen LogP contribution in [0.25, 0.3) is 21.8 Å². The summed E-state index contributed by atoms with van der Waals surface area (Å²) in [6.07, 6.45) is -2.22. The van der Waals surface area contributed by atoms with Gasteiger partial charge < -0.3 is 5.73 Å². The van der Waals surface area contributed by atoms with E-state index in [1.165, 1.54) is 18.3 Å². The van der Waals surface area contributed by atoms with Crippen LogP contribution in [0, 0.1) is 11.6 Å². The Morgan fingerprint density at radius 3 is 2.47 bits per heavy atom. The number of amides is 2. The maximum absolute atomic E-state index is 14.8. The number of rotatable bonds is 4. The highest BCUT2D eigenvalue weighted by atomic mass is 19.4. The van der Waals surface area contributed by atoms with Crippen molar-refractivity contribution >= 4 is 39.4 Å².